The summed E-state index contributed by atoms with van der Waals surface area (Å²) in [4.78, 5) is 20.2. The van der Waals surface area contributed by atoms with Crippen LogP contribution >= 0.6 is 0 Å². The number of hydrogen-bond donors (Lipinski definition) is 4. The highest BCUT2D eigenvalue weighted by atomic mass is 16.6. The number of carboxylic acid groups (broad SMARTS) is 1. The molecule has 92 valence electrons. The highest BCUT2D eigenvalue weighted by molar-refractivity contribution is 5.74. The maximum Gasteiger partial charge on any atom is 0.323 e. The molecule has 0 fully saturated rings. The topological polar surface area (TPSA) is 147 Å². The van der Waals surface area contributed by atoms with Crippen LogP contribution in [-0.2, 0) is 4.79 Å². The van der Waals surface area contributed by atoms with E-state index in [4.69, 9.17) is 15.9 Å². The van der Waals surface area contributed by atoms with E-state index in [9.17, 15) is 20.0 Å². The molecule has 0 heterocycles. The lowest BCUT2D eigenvalue weighted by Crippen LogP contribution is -2.36. The molecule has 0 aliphatic carbocycles. The van der Waals surface area contributed by atoms with Crippen LogP contribution in [-0.4, -0.2) is 32.3 Å². The Morgan fingerprint density at radius 1 is 1.47 bits per heavy atom. The Morgan fingerprint density at radius 3 is 2.53 bits per heavy atom. The van der Waals surface area contributed by atoms with Gasteiger partial charge in [0.2, 0.25) is 0 Å². The minimum atomic E-state index is -1.60. The predicted molar refractivity (Wildman–Crippen MR) is 55.3 cm³/mol. The minimum absolute atomic E-state index is 0.0515. The van der Waals surface area contributed by atoms with Gasteiger partial charge in [-0.2, -0.15) is 0 Å². The molecule has 1 aromatic carbocycles. The van der Waals surface area contributed by atoms with E-state index in [1.807, 2.05) is 0 Å². The smallest absolute Gasteiger partial charge is 0.323 e. The molecule has 8 nitrogen and oxygen atoms in total. The molecule has 2 atom stereocenters. The van der Waals surface area contributed by atoms with E-state index in [0.29, 0.717) is 0 Å². The summed E-state index contributed by atoms with van der Waals surface area (Å²) in [6.45, 7) is 0. The maximum atomic E-state index is 10.5. The first-order valence-electron chi connectivity index (χ1n) is 4.48. The van der Waals surface area contributed by atoms with Crippen molar-refractivity contribution < 1.29 is 25.0 Å². The van der Waals surface area contributed by atoms with Gasteiger partial charge in [-0.25, -0.2) is 0 Å². The van der Waals surface area contributed by atoms with E-state index < -0.39 is 34.5 Å². The first kappa shape index (κ1) is 12.9. The van der Waals surface area contributed by atoms with E-state index in [0.717, 1.165) is 18.2 Å². The van der Waals surface area contributed by atoms with Crippen LogP contribution in [0.3, 0.4) is 0 Å². The van der Waals surface area contributed by atoms with Crippen molar-refractivity contribution in [2.24, 2.45) is 5.73 Å². The monoisotopic (exact) mass is 242 g/mol. The number of rotatable bonds is 4. The number of nitrogens with zero attached hydrogens (tertiary/aromatic N) is 1. The van der Waals surface area contributed by atoms with Crippen LogP contribution < -0.4 is 5.73 Å². The fraction of sp³-hybridized carbons (Fsp3) is 0.222. The molecule has 0 amide bonds. The number of phenolic OH excluding ortho intramolecular Hbond substituents is 1. The normalized spacial score (nSPS) is 14.0. The summed E-state index contributed by atoms with van der Waals surface area (Å²) < 4.78 is 0. The molecule has 0 aliphatic heterocycles. The zero-order valence-corrected chi connectivity index (χ0v) is 8.48. The van der Waals surface area contributed by atoms with Crippen molar-refractivity contribution in [3.05, 3.63) is 33.9 Å². The van der Waals surface area contributed by atoms with Gasteiger partial charge in [-0.3, -0.25) is 14.9 Å². The predicted octanol–water partition coefficient (Wildman–Crippen LogP) is -0.254. The summed E-state index contributed by atoms with van der Waals surface area (Å²) in [6.07, 6.45) is -1.59. The van der Waals surface area contributed by atoms with E-state index >= 15 is 0 Å². The molecule has 0 spiro atoms. The Bertz CT molecular complexity index is 461. The Kier molecular flexibility index (Phi) is 3.61. The minimum Gasteiger partial charge on any atom is -0.502 e. The molecule has 0 bridgehead atoms. The molecule has 5 N–H and O–H groups in total. The first-order chi connectivity index (χ1) is 7.84. The third-order valence-electron chi connectivity index (χ3n) is 2.16. The van der Waals surface area contributed by atoms with Gasteiger partial charge < -0.3 is 21.1 Å². The average Bonchev–Trinajstić information content (AvgIpc) is 2.27. The van der Waals surface area contributed by atoms with Crippen LogP contribution in [0.1, 0.15) is 11.7 Å². The number of carboxylic acids is 1. The lowest BCUT2D eigenvalue weighted by Gasteiger charge is -2.14. The third kappa shape index (κ3) is 2.68. The van der Waals surface area contributed by atoms with Gasteiger partial charge in [-0.05, 0) is 11.6 Å². The second-order valence-electron chi connectivity index (χ2n) is 3.31. The number of nitro benzene ring substituents is 1. The number of aliphatic hydroxyl groups is 1. The van der Waals surface area contributed by atoms with E-state index in [1.54, 1.807) is 0 Å². The lowest BCUT2D eigenvalue weighted by atomic mass is 10.0. The highest BCUT2D eigenvalue weighted by Crippen LogP contribution is 2.29. The summed E-state index contributed by atoms with van der Waals surface area (Å²) in [7, 11) is 0. The summed E-state index contributed by atoms with van der Waals surface area (Å²) in [6, 6.07) is 1.43. The quantitative estimate of drug-likeness (QED) is 0.420. The molecule has 0 radical (unpaired) electrons. The summed E-state index contributed by atoms with van der Waals surface area (Å²) in [5, 5.41) is 37.8. The second kappa shape index (κ2) is 4.76. The molecular formula is C9H10N2O6. The van der Waals surface area contributed by atoms with Crippen LogP contribution in [0.25, 0.3) is 0 Å². The van der Waals surface area contributed by atoms with Crippen LogP contribution in [0.5, 0.6) is 5.75 Å². The van der Waals surface area contributed by atoms with Gasteiger partial charge in [0, 0.05) is 6.07 Å². The number of phenols is 1. The van der Waals surface area contributed by atoms with Crippen molar-refractivity contribution in [3.8, 4) is 5.75 Å². The number of aliphatic carboxylic acids is 1. The van der Waals surface area contributed by atoms with Crippen LogP contribution in [0.2, 0.25) is 0 Å². The summed E-state index contributed by atoms with van der Waals surface area (Å²) >= 11 is 0. The SMILES string of the molecule is NC(C(=O)O)C(O)c1ccc(O)c([N+](=O)[O-])c1. The molecule has 2 unspecified atom stereocenters. The largest absolute Gasteiger partial charge is 0.502 e. The Balaban J connectivity index is 3.11. The van der Waals surface area contributed by atoms with Crippen molar-refractivity contribution in [1.82, 2.24) is 0 Å². The molecular weight excluding hydrogens is 232 g/mol. The van der Waals surface area contributed by atoms with Crippen molar-refractivity contribution in [2.75, 3.05) is 0 Å². The van der Waals surface area contributed by atoms with Gasteiger partial charge in [0.15, 0.2) is 5.75 Å². The lowest BCUT2D eigenvalue weighted by molar-refractivity contribution is -0.386. The van der Waals surface area contributed by atoms with Gasteiger partial charge in [0.25, 0.3) is 0 Å². The van der Waals surface area contributed by atoms with E-state index in [2.05, 4.69) is 0 Å². The van der Waals surface area contributed by atoms with Gasteiger partial charge in [0.05, 0.1) is 4.92 Å². The molecule has 17 heavy (non-hydrogen) atoms. The summed E-state index contributed by atoms with van der Waals surface area (Å²) in [5.41, 5.74) is 4.50. The van der Waals surface area contributed by atoms with Gasteiger partial charge in [-0.15, -0.1) is 0 Å². The zero-order valence-electron chi connectivity index (χ0n) is 8.48. The number of aliphatic hydroxyl groups excluding tert-OH is 1. The molecule has 0 aliphatic rings. The first-order valence-corrected chi connectivity index (χ1v) is 4.48. The van der Waals surface area contributed by atoms with E-state index in [-0.39, 0.29) is 5.56 Å². The fourth-order valence-corrected chi connectivity index (χ4v) is 1.21. The van der Waals surface area contributed by atoms with Gasteiger partial charge in [-0.1, -0.05) is 6.07 Å². The molecule has 1 rings (SSSR count). The molecule has 0 aromatic heterocycles. The van der Waals surface area contributed by atoms with Gasteiger partial charge >= 0.3 is 11.7 Å². The number of nitro groups is 1. The number of aromatic hydroxyl groups is 1. The number of benzene rings is 1. The fourth-order valence-electron chi connectivity index (χ4n) is 1.21. The standard InChI is InChI=1S/C9H10N2O6/c10-7(9(14)15)8(13)4-1-2-6(12)5(3-4)11(16)17/h1-3,7-8,12-13H,10H2,(H,14,15). The van der Waals surface area contributed by atoms with Crippen LogP contribution in [0.4, 0.5) is 5.69 Å². The zero-order chi connectivity index (χ0) is 13.2. The van der Waals surface area contributed by atoms with Crippen molar-refractivity contribution >= 4 is 11.7 Å². The van der Waals surface area contributed by atoms with Crippen molar-refractivity contribution in [3.63, 3.8) is 0 Å². The van der Waals surface area contributed by atoms with Crippen LogP contribution in [0.15, 0.2) is 18.2 Å². The van der Waals surface area contributed by atoms with Crippen LogP contribution in [0, 0.1) is 10.1 Å². The Morgan fingerprint density at radius 2 is 2.06 bits per heavy atom. The molecule has 0 saturated heterocycles. The molecule has 8 heteroatoms. The third-order valence-corrected chi connectivity index (χ3v) is 2.16. The Labute approximate surface area is 95.1 Å². The maximum absolute atomic E-state index is 10.5. The number of nitrogens with two attached hydrogens (primary N) is 1. The second-order valence-corrected chi connectivity index (χ2v) is 3.31. The molecule has 0 saturated carbocycles. The Hall–Kier alpha value is -2.19. The highest BCUT2D eigenvalue weighted by Gasteiger charge is 2.26. The van der Waals surface area contributed by atoms with Gasteiger partial charge in [0.1, 0.15) is 12.1 Å². The average molecular weight is 242 g/mol. The molecule has 1 aromatic rings. The number of hydrogen-bond acceptors (Lipinski definition) is 6. The number of carbonyl (C=O) groups is 1. The van der Waals surface area contributed by atoms with Crippen molar-refractivity contribution in [1.29, 1.82) is 0 Å². The van der Waals surface area contributed by atoms with E-state index in [1.165, 1.54) is 0 Å². The van der Waals surface area contributed by atoms with Crippen molar-refractivity contribution in [2.45, 2.75) is 12.1 Å². The summed E-state index contributed by atoms with van der Waals surface area (Å²) in [5.74, 6) is -2.01.